The highest BCUT2D eigenvalue weighted by Gasteiger charge is 2.27. The quantitative estimate of drug-likeness (QED) is 0.829. The smallest absolute Gasteiger partial charge is 0.260 e. The van der Waals surface area contributed by atoms with Crippen LogP contribution >= 0.6 is 0 Å². The zero-order valence-electron chi connectivity index (χ0n) is 15.7. The highest BCUT2D eigenvalue weighted by Crippen LogP contribution is 2.26. The normalized spacial score (nSPS) is 14.4. The van der Waals surface area contributed by atoms with Gasteiger partial charge in [0.2, 0.25) is 5.91 Å². The maximum atomic E-state index is 12.9. The second-order valence-corrected chi connectivity index (χ2v) is 6.59. The highest BCUT2D eigenvalue weighted by molar-refractivity contribution is 5.92. The number of nitrogens with one attached hydrogen (secondary N) is 1. The van der Waals surface area contributed by atoms with Crippen molar-refractivity contribution in [2.75, 3.05) is 32.1 Å². The number of piperidine rings is 1. The van der Waals surface area contributed by atoms with Gasteiger partial charge in [-0.2, -0.15) is 0 Å². The van der Waals surface area contributed by atoms with Gasteiger partial charge in [0, 0.05) is 24.7 Å². The van der Waals surface area contributed by atoms with Crippen molar-refractivity contribution in [3.63, 3.8) is 0 Å². The molecule has 7 heteroatoms. The number of carbonyl (C=O) groups excluding carboxylic acids is 2. The first-order valence-corrected chi connectivity index (χ1v) is 9.17. The fraction of sp³-hybridized carbons (Fsp3) is 0.333. The molecule has 1 fully saturated rings. The fourth-order valence-corrected chi connectivity index (χ4v) is 3.14. The number of methoxy groups -OCH3 is 1. The van der Waals surface area contributed by atoms with Gasteiger partial charge in [0.1, 0.15) is 5.82 Å². The predicted octanol–water partition coefficient (Wildman–Crippen LogP) is 3.09. The largest absolute Gasteiger partial charge is 0.493 e. The maximum absolute atomic E-state index is 12.9. The fourth-order valence-electron chi connectivity index (χ4n) is 3.14. The van der Waals surface area contributed by atoms with E-state index in [1.54, 1.807) is 24.1 Å². The van der Waals surface area contributed by atoms with Gasteiger partial charge in [0.25, 0.3) is 5.91 Å². The molecule has 0 atom stereocenters. The Balaban J connectivity index is 1.45. The molecule has 2 aromatic rings. The van der Waals surface area contributed by atoms with Gasteiger partial charge in [-0.25, -0.2) is 4.39 Å². The average molecular weight is 386 g/mol. The Hall–Kier alpha value is -3.09. The van der Waals surface area contributed by atoms with Crippen molar-refractivity contribution >= 4 is 17.5 Å². The van der Waals surface area contributed by atoms with Gasteiger partial charge in [0.15, 0.2) is 18.1 Å². The van der Waals surface area contributed by atoms with Gasteiger partial charge in [0.05, 0.1) is 7.11 Å². The van der Waals surface area contributed by atoms with E-state index >= 15 is 0 Å². The van der Waals surface area contributed by atoms with Crippen molar-refractivity contribution in [3.05, 3.63) is 54.3 Å². The van der Waals surface area contributed by atoms with E-state index in [4.69, 9.17) is 9.47 Å². The van der Waals surface area contributed by atoms with Crippen molar-refractivity contribution in [2.24, 2.45) is 5.92 Å². The van der Waals surface area contributed by atoms with Crippen LogP contribution in [0.2, 0.25) is 0 Å². The molecule has 28 heavy (non-hydrogen) atoms. The maximum Gasteiger partial charge on any atom is 0.260 e. The Morgan fingerprint density at radius 2 is 1.71 bits per heavy atom. The molecule has 1 heterocycles. The molecule has 1 N–H and O–H groups in total. The number of rotatable bonds is 6. The number of carbonyl (C=O) groups is 2. The molecular formula is C21H23FN2O4. The molecule has 6 nitrogen and oxygen atoms in total. The van der Waals surface area contributed by atoms with Crippen LogP contribution in [0.25, 0.3) is 0 Å². The topological polar surface area (TPSA) is 67.9 Å². The average Bonchev–Trinajstić information content (AvgIpc) is 2.74. The third-order valence-corrected chi connectivity index (χ3v) is 4.75. The summed E-state index contributed by atoms with van der Waals surface area (Å²) >= 11 is 0. The molecule has 1 aliphatic heterocycles. The summed E-state index contributed by atoms with van der Waals surface area (Å²) in [7, 11) is 1.55. The molecule has 0 aliphatic carbocycles. The van der Waals surface area contributed by atoms with Gasteiger partial charge in [-0.3, -0.25) is 9.59 Å². The van der Waals surface area contributed by atoms with Crippen LogP contribution in [0.15, 0.2) is 48.5 Å². The number of amides is 2. The lowest BCUT2D eigenvalue weighted by Crippen LogP contribution is -2.43. The zero-order chi connectivity index (χ0) is 19.9. The van der Waals surface area contributed by atoms with E-state index in [0.29, 0.717) is 43.1 Å². The van der Waals surface area contributed by atoms with Crippen LogP contribution in [0.5, 0.6) is 11.5 Å². The Morgan fingerprint density at radius 1 is 1.07 bits per heavy atom. The number of ether oxygens (including phenoxy) is 2. The van der Waals surface area contributed by atoms with Gasteiger partial charge in [-0.15, -0.1) is 0 Å². The summed E-state index contributed by atoms with van der Waals surface area (Å²) in [4.78, 5) is 26.5. The molecule has 0 unspecified atom stereocenters. The number of para-hydroxylation sites is 2. The number of hydrogen-bond donors (Lipinski definition) is 1. The van der Waals surface area contributed by atoms with Crippen LogP contribution in [-0.2, 0) is 9.59 Å². The van der Waals surface area contributed by atoms with Crippen LogP contribution in [0, 0.1) is 11.7 Å². The molecule has 0 bridgehead atoms. The van der Waals surface area contributed by atoms with Crippen LogP contribution < -0.4 is 14.8 Å². The summed E-state index contributed by atoms with van der Waals surface area (Å²) in [6.45, 7) is 0.915. The van der Waals surface area contributed by atoms with Crippen molar-refractivity contribution in [2.45, 2.75) is 12.8 Å². The molecule has 0 aromatic heterocycles. The van der Waals surface area contributed by atoms with Gasteiger partial charge in [-0.1, -0.05) is 12.1 Å². The number of hydrogen-bond acceptors (Lipinski definition) is 4. The van der Waals surface area contributed by atoms with E-state index < -0.39 is 0 Å². The first-order chi connectivity index (χ1) is 13.6. The minimum absolute atomic E-state index is 0.0766. The molecule has 0 saturated carbocycles. The van der Waals surface area contributed by atoms with E-state index in [1.165, 1.54) is 24.3 Å². The lowest BCUT2D eigenvalue weighted by molar-refractivity contribution is -0.136. The number of nitrogens with zero attached hydrogens (tertiary/aromatic N) is 1. The summed E-state index contributed by atoms with van der Waals surface area (Å²) in [5, 5.41) is 2.79. The van der Waals surface area contributed by atoms with Crippen LogP contribution in [0.3, 0.4) is 0 Å². The molecule has 1 saturated heterocycles. The molecule has 2 amide bonds. The molecule has 2 aromatic carbocycles. The molecule has 0 radical (unpaired) electrons. The Labute approximate surface area is 163 Å². The van der Waals surface area contributed by atoms with Crippen LogP contribution in [0.4, 0.5) is 10.1 Å². The summed E-state index contributed by atoms with van der Waals surface area (Å²) in [5.74, 6) is 0.343. The minimum Gasteiger partial charge on any atom is -0.493 e. The number of benzene rings is 2. The number of likely N-dealkylation sites (tertiary alicyclic amines) is 1. The summed E-state index contributed by atoms with van der Waals surface area (Å²) < 4.78 is 23.7. The third-order valence-electron chi connectivity index (χ3n) is 4.75. The van der Waals surface area contributed by atoms with Crippen molar-refractivity contribution < 1.29 is 23.5 Å². The standard InChI is InChI=1S/C21H23FN2O4/c1-27-18-4-2-3-5-19(18)28-14-20(25)24-12-10-15(11-13-24)21(26)23-17-8-6-16(22)7-9-17/h2-9,15H,10-14H2,1H3,(H,23,26). The second-order valence-electron chi connectivity index (χ2n) is 6.59. The van der Waals surface area contributed by atoms with E-state index in [9.17, 15) is 14.0 Å². The van der Waals surface area contributed by atoms with Crippen LogP contribution in [0.1, 0.15) is 12.8 Å². The Kier molecular flexibility index (Phi) is 6.47. The van der Waals surface area contributed by atoms with Crippen molar-refractivity contribution in [1.29, 1.82) is 0 Å². The van der Waals surface area contributed by atoms with Gasteiger partial charge >= 0.3 is 0 Å². The molecule has 148 valence electrons. The van der Waals surface area contributed by atoms with E-state index in [-0.39, 0.29) is 30.2 Å². The van der Waals surface area contributed by atoms with Gasteiger partial charge in [-0.05, 0) is 49.2 Å². The number of anilines is 1. The second kappa shape index (κ2) is 9.21. The Morgan fingerprint density at radius 3 is 2.36 bits per heavy atom. The SMILES string of the molecule is COc1ccccc1OCC(=O)N1CCC(C(=O)Nc2ccc(F)cc2)CC1. The van der Waals surface area contributed by atoms with Crippen molar-refractivity contribution in [1.82, 2.24) is 4.90 Å². The monoisotopic (exact) mass is 386 g/mol. The molecule has 1 aliphatic rings. The van der Waals surface area contributed by atoms with Crippen molar-refractivity contribution in [3.8, 4) is 11.5 Å². The minimum atomic E-state index is -0.347. The lowest BCUT2D eigenvalue weighted by Gasteiger charge is -2.31. The summed E-state index contributed by atoms with van der Waals surface area (Å²) in [5.41, 5.74) is 0.565. The first-order valence-electron chi connectivity index (χ1n) is 9.17. The highest BCUT2D eigenvalue weighted by atomic mass is 19.1. The Bertz CT molecular complexity index is 817. The molecule has 3 rings (SSSR count). The lowest BCUT2D eigenvalue weighted by atomic mass is 9.95. The molecule has 0 spiro atoms. The summed E-state index contributed by atoms with van der Waals surface area (Å²) in [6.07, 6.45) is 1.15. The predicted molar refractivity (Wildman–Crippen MR) is 103 cm³/mol. The molecular weight excluding hydrogens is 363 g/mol. The first kappa shape index (κ1) is 19.7. The van der Waals surface area contributed by atoms with E-state index in [1.807, 2.05) is 12.1 Å². The third kappa shape index (κ3) is 5.00. The zero-order valence-corrected chi connectivity index (χ0v) is 15.7. The van der Waals surface area contributed by atoms with E-state index in [2.05, 4.69) is 5.32 Å². The number of halogens is 1. The van der Waals surface area contributed by atoms with E-state index in [0.717, 1.165) is 0 Å². The van der Waals surface area contributed by atoms with Gasteiger partial charge < -0.3 is 19.7 Å². The summed E-state index contributed by atoms with van der Waals surface area (Å²) in [6, 6.07) is 12.8. The van der Waals surface area contributed by atoms with Crippen LogP contribution in [-0.4, -0.2) is 43.5 Å².